The summed E-state index contributed by atoms with van der Waals surface area (Å²) < 4.78 is 0. The highest BCUT2D eigenvalue weighted by molar-refractivity contribution is 7.99. The molecule has 1 aliphatic carbocycles. The van der Waals surface area contributed by atoms with Gasteiger partial charge in [-0.05, 0) is 24.2 Å². The van der Waals surface area contributed by atoms with E-state index in [-0.39, 0.29) is 28.0 Å². The minimum absolute atomic E-state index is 0.0997. The summed E-state index contributed by atoms with van der Waals surface area (Å²) in [7, 11) is 0. The average molecular weight is 469 g/mol. The lowest BCUT2D eigenvalue weighted by atomic mass is 9.69. The number of carbonyl (C=O) groups excluding carboxylic acids is 1. The molecule has 2 aliphatic rings. The van der Waals surface area contributed by atoms with Gasteiger partial charge in [-0.1, -0.05) is 57.7 Å². The predicted octanol–water partition coefficient (Wildman–Crippen LogP) is 5.02. The van der Waals surface area contributed by atoms with E-state index in [1.807, 2.05) is 13.8 Å². The Morgan fingerprint density at radius 3 is 2.67 bits per heavy atom. The van der Waals surface area contributed by atoms with Gasteiger partial charge >= 0.3 is 0 Å². The molecule has 4 rings (SSSR count). The van der Waals surface area contributed by atoms with Gasteiger partial charge in [0.2, 0.25) is 0 Å². The van der Waals surface area contributed by atoms with Gasteiger partial charge in [0.1, 0.15) is 5.82 Å². The number of nitro groups is 1. The Morgan fingerprint density at radius 2 is 1.97 bits per heavy atom. The molecule has 1 atom stereocenters. The maximum Gasteiger partial charge on any atom is 0.273 e. The van der Waals surface area contributed by atoms with Crippen LogP contribution >= 0.6 is 11.8 Å². The number of allylic oxidation sites excluding steroid dienone is 2. The number of nitro benzene ring substituents is 1. The number of thioether (sulfide) groups is 1. The number of rotatable bonds is 6. The van der Waals surface area contributed by atoms with Crippen molar-refractivity contribution in [2.45, 2.75) is 58.0 Å². The van der Waals surface area contributed by atoms with Crippen LogP contribution in [0, 0.1) is 21.4 Å². The molecule has 0 saturated heterocycles. The number of benzene rings is 1. The van der Waals surface area contributed by atoms with Crippen molar-refractivity contribution in [3.8, 4) is 0 Å². The molecular formula is C24H28N4O4S. The molecule has 0 radical (unpaired) electrons. The summed E-state index contributed by atoms with van der Waals surface area (Å²) in [6.07, 6.45) is 1.89. The summed E-state index contributed by atoms with van der Waals surface area (Å²) in [4.78, 5) is 45.5. The molecule has 33 heavy (non-hydrogen) atoms. The van der Waals surface area contributed by atoms with Gasteiger partial charge in [-0.25, -0.2) is 4.98 Å². The zero-order chi connectivity index (χ0) is 23.9. The van der Waals surface area contributed by atoms with Gasteiger partial charge in [-0.15, -0.1) is 0 Å². The van der Waals surface area contributed by atoms with Crippen molar-refractivity contribution in [1.29, 1.82) is 0 Å². The number of carbonyl (C=O) groups is 1. The lowest BCUT2D eigenvalue weighted by Gasteiger charge is -2.38. The molecule has 2 aromatic rings. The zero-order valence-electron chi connectivity index (χ0n) is 19.2. The van der Waals surface area contributed by atoms with Gasteiger partial charge in [0, 0.05) is 35.1 Å². The fraction of sp³-hybridized carbons (Fsp3) is 0.458. The molecular weight excluding hydrogens is 440 g/mol. The van der Waals surface area contributed by atoms with Gasteiger partial charge in [-0.3, -0.25) is 19.7 Å². The minimum atomic E-state index is -0.840. The van der Waals surface area contributed by atoms with E-state index < -0.39 is 10.8 Å². The predicted molar refractivity (Wildman–Crippen MR) is 129 cm³/mol. The van der Waals surface area contributed by atoms with Crippen molar-refractivity contribution in [1.82, 2.24) is 9.97 Å². The Labute approximate surface area is 196 Å². The number of para-hydroxylation sites is 1. The second kappa shape index (κ2) is 8.78. The highest BCUT2D eigenvalue weighted by atomic mass is 32.2. The van der Waals surface area contributed by atoms with E-state index >= 15 is 0 Å². The third-order valence-electron chi connectivity index (χ3n) is 6.08. The summed E-state index contributed by atoms with van der Waals surface area (Å²) in [6, 6.07) is 6.31. The van der Waals surface area contributed by atoms with Crippen LogP contribution in [0.2, 0.25) is 0 Å². The summed E-state index contributed by atoms with van der Waals surface area (Å²) in [5.41, 5.74) is 0.958. The molecule has 0 fully saturated rings. The first-order chi connectivity index (χ1) is 15.6. The number of Topliss-reactive ketones (excluding diaryl/α,β-unsaturated/α-hetero) is 1. The van der Waals surface area contributed by atoms with E-state index in [4.69, 9.17) is 0 Å². The monoisotopic (exact) mass is 468 g/mol. The fourth-order valence-electron chi connectivity index (χ4n) is 4.56. The summed E-state index contributed by atoms with van der Waals surface area (Å²) in [5, 5.41) is 15.6. The molecule has 0 bridgehead atoms. The number of nitrogens with zero attached hydrogens (tertiary/aromatic N) is 2. The lowest BCUT2D eigenvalue weighted by Crippen LogP contribution is -2.37. The van der Waals surface area contributed by atoms with Crippen molar-refractivity contribution in [3.05, 3.63) is 67.1 Å². The Balaban J connectivity index is 1.89. The number of fused-ring (bicyclic) bond motifs is 1. The van der Waals surface area contributed by atoms with Crippen LogP contribution in [0.15, 0.2) is 45.5 Å². The van der Waals surface area contributed by atoms with E-state index in [1.165, 1.54) is 17.8 Å². The second-order valence-corrected chi connectivity index (χ2v) is 11.0. The average Bonchev–Trinajstić information content (AvgIpc) is 2.71. The van der Waals surface area contributed by atoms with Crippen molar-refractivity contribution in [2.24, 2.45) is 11.3 Å². The maximum atomic E-state index is 13.3. The summed E-state index contributed by atoms with van der Waals surface area (Å²) in [6.45, 7) is 8.31. The molecule has 2 heterocycles. The van der Waals surface area contributed by atoms with Crippen molar-refractivity contribution in [2.75, 3.05) is 11.1 Å². The van der Waals surface area contributed by atoms with Crippen LogP contribution in [0.1, 0.15) is 64.0 Å². The van der Waals surface area contributed by atoms with Crippen LogP contribution in [-0.2, 0) is 4.79 Å². The molecule has 8 nitrogen and oxygen atoms in total. The number of anilines is 1. The molecule has 9 heteroatoms. The van der Waals surface area contributed by atoms with E-state index in [9.17, 15) is 19.7 Å². The van der Waals surface area contributed by atoms with Crippen LogP contribution in [0.4, 0.5) is 11.5 Å². The Kier molecular flexibility index (Phi) is 6.18. The van der Waals surface area contributed by atoms with Crippen molar-refractivity contribution < 1.29 is 9.72 Å². The highest BCUT2D eigenvalue weighted by Crippen LogP contribution is 2.49. The zero-order valence-corrected chi connectivity index (χ0v) is 20.0. The smallest absolute Gasteiger partial charge is 0.273 e. The van der Waals surface area contributed by atoms with Crippen LogP contribution in [0.3, 0.4) is 0 Å². The fourth-order valence-corrected chi connectivity index (χ4v) is 5.67. The van der Waals surface area contributed by atoms with Crippen LogP contribution < -0.4 is 10.9 Å². The molecule has 1 aliphatic heterocycles. The molecule has 1 unspecified atom stereocenters. The molecule has 0 amide bonds. The molecule has 0 saturated carbocycles. The molecule has 1 aromatic heterocycles. The van der Waals surface area contributed by atoms with E-state index in [0.29, 0.717) is 46.6 Å². The first-order valence-electron chi connectivity index (χ1n) is 11.1. The highest BCUT2D eigenvalue weighted by Gasteiger charge is 2.44. The molecule has 0 spiro atoms. The number of H-pyrrole nitrogens is 1. The van der Waals surface area contributed by atoms with Crippen LogP contribution in [-0.4, -0.2) is 26.4 Å². The third-order valence-corrected chi connectivity index (χ3v) is 6.99. The van der Waals surface area contributed by atoms with E-state index in [2.05, 4.69) is 29.1 Å². The van der Waals surface area contributed by atoms with Gasteiger partial charge < -0.3 is 10.3 Å². The molecule has 174 valence electrons. The summed E-state index contributed by atoms with van der Waals surface area (Å²) >= 11 is 1.47. The second-order valence-electron chi connectivity index (χ2n) is 9.87. The third kappa shape index (κ3) is 4.59. The number of ketones is 1. The van der Waals surface area contributed by atoms with Gasteiger partial charge in [0.25, 0.3) is 11.2 Å². The number of hydrogen-bond donors (Lipinski definition) is 2. The van der Waals surface area contributed by atoms with E-state index in [0.717, 1.165) is 12.2 Å². The Hall–Kier alpha value is -2.94. The number of hydrogen-bond acceptors (Lipinski definition) is 7. The van der Waals surface area contributed by atoms with Crippen LogP contribution in [0.25, 0.3) is 0 Å². The maximum absolute atomic E-state index is 13.3. The van der Waals surface area contributed by atoms with Gasteiger partial charge in [0.15, 0.2) is 10.9 Å². The quantitative estimate of drug-likeness (QED) is 0.264. The first-order valence-corrected chi connectivity index (χ1v) is 12.1. The number of aromatic amines is 1. The number of aromatic nitrogens is 2. The van der Waals surface area contributed by atoms with Crippen molar-refractivity contribution in [3.63, 3.8) is 0 Å². The van der Waals surface area contributed by atoms with Gasteiger partial charge in [-0.2, -0.15) is 0 Å². The Bertz CT molecular complexity index is 1220. The topological polar surface area (TPSA) is 118 Å². The van der Waals surface area contributed by atoms with Crippen molar-refractivity contribution >= 4 is 29.1 Å². The summed E-state index contributed by atoms with van der Waals surface area (Å²) in [5.74, 6) is 0.779. The number of nitrogens with one attached hydrogen (secondary N) is 2. The normalized spacial score (nSPS) is 19.2. The van der Waals surface area contributed by atoms with E-state index in [1.54, 1.807) is 18.2 Å². The Morgan fingerprint density at radius 1 is 1.24 bits per heavy atom. The SMILES string of the molecule is CC(C)CCSc1nc2c(c(=O)[nH]1)C(c1ccccc1[N+](=O)[O-])C1=C(CC(C)(C)CC1=O)N2. The standard InChI is InChI=1S/C24H28N4O4S/c1-13(2)9-10-33-23-26-21-20(22(30)27-23)18(14-7-5-6-8-16(14)28(31)32)19-15(25-21)11-24(3,4)12-17(19)29/h5-8,13,18H,9-12H2,1-4H3,(H2,25,26,27,30). The van der Waals surface area contributed by atoms with Gasteiger partial charge in [0.05, 0.1) is 16.4 Å². The largest absolute Gasteiger partial charge is 0.343 e. The molecule has 1 aromatic carbocycles. The molecule has 2 N–H and O–H groups in total. The lowest BCUT2D eigenvalue weighted by molar-refractivity contribution is -0.385. The van der Waals surface area contributed by atoms with Crippen LogP contribution in [0.5, 0.6) is 0 Å². The first kappa shape index (κ1) is 23.2. The minimum Gasteiger partial charge on any atom is -0.343 e.